The molecule has 0 radical (unpaired) electrons. The second-order valence-corrected chi connectivity index (χ2v) is 5.63. The van der Waals surface area contributed by atoms with E-state index < -0.39 is 0 Å². The molecular weight excluding hydrogens is 236 g/mol. The molecule has 0 nitrogen and oxygen atoms in total. The molecule has 0 aromatic rings. The van der Waals surface area contributed by atoms with Crippen molar-refractivity contribution in [2.75, 3.05) is 5.33 Å². The van der Waals surface area contributed by atoms with Gasteiger partial charge in [-0.1, -0.05) is 49.0 Å². The van der Waals surface area contributed by atoms with Gasteiger partial charge in [0.2, 0.25) is 0 Å². The number of halogens is 1. The molecule has 0 N–H and O–H groups in total. The Morgan fingerprint density at radius 2 is 1.86 bits per heavy atom. The van der Waals surface area contributed by atoms with Crippen molar-refractivity contribution in [1.29, 1.82) is 0 Å². The third-order valence-electron chi connectivity index (χ3n) is 4.17. The van der Waals surface area contributed by atoms with Crippen LogP contribution in [0.3, 0.4) is 0 Å². The summed E-state index contributed by atoms with van der Waals surface area (Å²) in [5, 5.41) is 1.22. The standard InChI is InChI=1S/C13H25Br/c1-3-5-6-12-7-9-13(4-2,11-14)10-8-12/h12H,3-11H2,1-2H3. The van der Waals surface area contributed by atoms with Gasteiger partial charge in [0.05, 0.1) is 0 Å². The first-order valence-electron chi connectivity index (χ1n) is 6.32. The van der Waals surface area contributed by atoms with Crippen molar-refractivity contribution in [1.82, 2.24) is 0 Å². The van der Waals surface area contributed by atoms with Crippen LogP contribution in [0.25, 0.3) is 0 Å². The maximum atomic E-state index is 3.70. The molecule has 0 amide bonds. The highest BCUT2D eigenvalue weighted by atomic mass is 79.9. The number of unbranched alkanes of at least 4 members (excludes halogenated alkanes) is 1. The van der Waals surface area contributed by atoms with Crippen LogP contribution in [0.15, 0.2) is 0 Å². The van der Waals surface area contributed by atoms with Crippen LogP contribution in [0.1, 0.15) is 65.2 Å². The molecule has 0 bridgehead atoms. The molecule has 0 unspecified atom stereocenters. The molecule has 1 aliphatic rings. The van der Waals surface area contributed by atoms with E-state index in [2.05, 4.69) is 29.8 Å². The highest BCUT2D eigenvalue weighted by Gasteiger charge is 2.32. The van der Waals surface area contributed by atoms with Gasteiger partial charge in [0.15, 0.2) is 0 Å². The van der Waals surface area contributed by atoms with Crippen LogP contribution < -0.4 is 0 Å². The van der Waals surface area contributed by atoms with Crippen LogP contribution in [0.4, 0.5) is 0 Å². The van der Waals surface area contributed by atoms with Gasteiger partial charge in [-0.3, -0.25) is 0 Å². The van der Waals surface area contributed by atoms with Crippen LogP contribution in [0, 0.1) is 11.3 Å². The lowest BCUT2D eigenvalue weighted by molar-refractivity contribution is 0.164. The van der Waals surface area contributed by atoms with E-state index in [0.717, 1.165) is 5.92 Å². The van der Waals surface area contributed by atoms with Crippen molar-refractivity contribution in [2.24, 2.45) is 11.3 Å². The van der Waals surface area contributed by atoms with E-state index in [1.807, 2.05) is 0 Å². The predicted molar refractivity (Wildman–Crippen MR) is 68.0 cm³/mol. The topological polar surface area (TPSA) is 0 Å². The van der Waals surface area contributed by atoms with Gasteiger partial charge >= 0.3 is 0 Å². The molecule has 1 aliphatic carbocycles. The summed E-state index contributed by atoms with van der Waals surface area (Å²) in [6.45, 7) is 4.66. The number of rotatable bonds is 5. The zero-order valence-electron chi connectivity index (χ0n) is 9.82. The van der Waals surface area contributed by atoms with E-state index in [4.69, 9.17) is 0 Å². The van der Waals surface area contributed by atoms with E-state index in [1.54, 1.807) is 0 Å². The van der Waals surface area contributed by atoms with Crippen molar-refractivity contribution in [3.63, 3.8) is 0 Å². The van der Waals surface area contributed by atoms with Gasteiger partial charge in [0.25, 0.3) is 0 Å². The fourth-order valence-corrected chi connectivity index (χ4v) is 3.61. The maximum absolute atomic E-state index is 3.70. The Balaban J connectivity index is 2.29. The Morgan fingerprint density at radius 1 is 1.21 bits per heavy atom. The lowest BCUT2D eigenvalue weighted by atomic mass is 9.69. The van der Waals surface area contributed by atoms with Crippen LogP contribution in [-0.4, -0.2) is 5.33 Å². The molecule has 0 spiro atoms. The molecule has 1 rings (SSSR count). The fourth-order valence-electron chi connectivity index (χ4n) is 2.65. The van der Waals surface area contributed by atoms with Gasteiger partial charge in [0.1, 0.15) is 0 Å². The summed E-state index contributed by atoms with van der Waals surface area (Å²) >= 11 is 3.70. The summed E-state index contributed by atoms with van der Waals surface area (Å²) in [7, 11) is 0. The van der Waals surface area contributed by atoms with Crippen LogP contribution >= 0.6 is 15.9 Å². The van der Waals surface area contributed by atoms with Crippen molar-refractivity contribution in [2.45, 2.75) is 65.2 Å². The van der Waals surface area contributed by atoms with Crippen LogP contribution in [0.2, 0.25) is 0 Å². The molecule has 1 saturated carbocycles. The molecule has 0 heterocycles. The first-order chi connectivity index (χ1) is 6.76. The Labute approximate surface area is 98.0 Å². The second-order valence-electron chi connectivity index (χ2n) is 5.07. The number of alkyl halides is 1. The summed E-state index contributed by atoms with van der Waals surface area (Å²) in [5.41, 5.74) is 0.655. The van der Waals surface area contributed by atoms with Crippen molar-refractivity contribution < 1.29 is 0 Å². The maximum Gasteiger partial charge on any atom is 0.00878 e. The third-order valence-corrected chi connectivity index (χ3v) is 5.35. The van der Waals surface area contributed by atoms with Gasteiger partial charge < -0.3 is 0 Å². The normalized spacial score (nSPS) is 33.2. The first kappa shape index (κ1) is 12.5. The Hall–Kier alpha value is 0.480. The highest BCUT2D eigenvalue weighted by molar-refractivity contribution is 9.09. The van der Waals surface area contributed by atoms with E-state index >= 15 is 0 Å². The smallest absolute Gasteiger partial charge is 0.00878 e. The predicted octanol–water partition coefficient (Wildman–Crippen LogP) is 5.16. The zero-order valence-corrected chi connectivity index (χ0v) is 11.4. The summed E-state index contributed by atoms with van der Waals surface area (Å²) in [4.78, 5) is 0. The summed E-state index contributed by atoms with van der Waals surface area (Å²) < 4.78 is 0. The van der Waals surface area contributed by atoms with Crippen LogP contribution in [-0.2, 0) is 0 Å². The van der Waals surface area contributed by atoms with Gasteiger partial charge in [-0.15, -0.1) is 0 Å². The molecule has 0 aliphatic heterocycles. The average molecular weight is 261 g/mol. The lowest BCUT2D eigenvalue weighted by Crippen LogP contribution is -2.28. The SMILES string of the molecule is CCCCC1CCC(CC)(CBr)CC1. The largest absolute Gasteiger partial charge is 0.0922 e. The summed E-state index contributed by atoms with van der Waals surface area (Å²) in [6, 6.07) is 0. The van der Waals surface area contributed by atoms with Gasteiger partial charge in [-0.05, 0) is 43.4 Å². The third kappa shape index (κ3) is 3.25. The number of hydrogen-bond donors (Lipinski definition) is 0. The van der Waals surface area contributed by atoms with Crippen molar-refractivity contribution in [3.8, 4) is 0 Å². The Kier molecular flexibility index (Phi) is 5.51. The fraction of sp³-hybridized carbons (Fsp3) is 1.00. The lowest BCUT2D eigenvalue weighted by Gasteiger charge is -2.38. The molecular formula is C13H25Br. The molecule has 0 atom stereocenters. The Morgan fingerprint density at radius 3 is 2.29 bits per heavy atom. The summed E-state index contributed by atoms with van der Waals surface area (Å²) in [6.07, 6.45) is 11.6. The van der Waals surface area contributed by atoms with E-state index in [9.17, 15) is 0 Å². The molecule has 84 valence electrons. The minimum absolute atomic E-state index is 0.655. The van der Waals surface area contributed by atoms with E-state index in [1.165, 1.54) is 56.7 Å². The van der Waals surface area contributed by atoms with Gasteiger partial charge in [0, 0.05) is 5.33 Å². The number of hydrogen-bond acceptors (Lipinski definition) is 0. The Bertz CT molecular complexity index is 139. The van der Waals surface area contributed by atoms with Crippen molar-refractivity contribution >= 4 is 15.9 Å². The second kappa shape index (κ2) is 6.15. The quantitative estimate of drug-likeness (QED) is 0.600. The highest BCUT2D eigenvalue weighted by Crippen LogP contribution is 2.43. The first-order valence-corrected chi connectivity index (χ1v) is 7.44. The monoisotopic (exact) mass is 260 g/mol. The minimum atomic E-state index is 0.655. The van der Waals surface area contributed by atoms with Crippen molar-refractivity contribution in [3.05, 3.63) is 0 Å². The zero-order chi connectivity index (χ0) is 10.4. The van der Waals surface area contributed by atoms with Crippen LogP contribution in [0.5, 0.6) is 0 Å². The minimum Gasteiger partial charge on any atom is -0.0922 e. The van der Waals surface area contributed by atoms with E-state index in [0.29, 0.717) is 5.41 Å². The molecule has 0 saturated heterocycles. The van der Waals surface area contributed by atoms with E-state index in [-0.39, 0.29) is 0 Å². The molecule has 1 fully saturated rings. The molecule has 14 heavy (non-hydrogen) atoms. The molecule has 1 heteroatoms. The van der Waals surface area contributed by atoms with Gasteiger partial charge in [-0.25, -0.2) is 0 Å². The van der Waals surface area contributed by atoms with Gasteiger partial charge in [-0.2, -0.15) is 0 Å². The average Bonchev–Trinajstić information content (AvgIpc) is 2.27. The molecule has 0 aromatic carbocycles. The molecule has 0 aromatic heterocycles. The summed E-state index contributed by atoms with van der Waals surface area (Å²) in [5.74, 6) is 1.05.